The molecule has 0 bridgehead atoms. The van der Waals surface area contributed by atoms with Crippen LogP contribution in [0.15, 0.2) is 70.9 Å². The van der Waals surface area contributed by atoms with Crippen molar-refractivity contribution in [2.24, 2.45) is 0 Å². The number of hydrogen-bond donors (Lipinski definition) is 1. The van der Waals surface area contributed by atoms with Gasteiger partial charge in [-0.1, -0.05) is 24.3 Å². The van der Waals surface area contributed by atoms with E-state index in [2.05, 4.69) is 16.4 Å². The van der Waals surface area contributed by atoms with Gasteiger partial charge in [-0.2, -0.15) is 0 Å². The molecular weight excluding hydrogens is 450 g/mol. The van der Waals surface area contributed by atoms with E-state index in [9.17, 15) is 9.59 Å². The molecule has 1 fully saturated rings. The monoisotopic (exact) mass is 475 g/mol. The Kier molecular flexibility index (Phi) is 5.68. The van der Waals surface area contributed by atoms with E-state index in [-0.39, 0.29) is 5.57 Å². The number of cyclic esters (lactones) is 2. The smallest absolute Gasteiger partial charge is 0.352 e. The number of ether oxygens (including phenoxy) is 3. The van der Waals surface area contributed by atoms with Gasteiger partial charge in [-0.25, -0.2) is 14.6 Å². The lowest BCUT2D eigenvalue weighted by Gasteiger charge is -2.36. The van der Waals surface area contributed by atoms with Gasteiger partial charge in [0.15, 0.2) is 17.7 Å². The Hall–Kier alpha value is -4.27. The topological polar surface area (TPSA) is 103 Å². The molecule has 3 heterocycles. The molecule has 2 aliphatic rings. The molecule has 2 aromatic carbocycles. The number of oxazole rings is 1. The average Bonchev–Trinajstić information content (AvgIpc) is 3.36. The van der Waals surface area contributed by atoms with E-state index >= 15 is 0 Å². The molecule has 0 radical (unpaired) electrons. The molecule has 0 spiro atoms. The number of carbonyl (C=O) groups is 2. The normalized spacial score (nSPS) is 16.8. The third-order valence-corrected chi connectivity index (χ3v) is 5.93. The first kappa shape index (κ1) is 22.5. The highest BCUT2D eigenvalue weighted by Gasteiger charge is 2.42. The van der Waals surface area contributed by atoms with Gasteiger partial charge in [-0.15, -0.1) is 0 Å². The summed E-state index contributed by atoms with van der Waals surface area (Å²) in [6.07, 6.45) is 3.71. The van der Waals surface area contributed by atoms with Crippen LogP contribution in [0.4, 0.5) is 5.69 Å². The number of hydrogen-bond acceptors (Lipinski definition) is 9. The number of rotatable bonds is 5. The third kappa shape index (κ3) is 4.44. The lowest BCUT2D eigenvalue weighted by atomic mass is 9.99. The van der Waals surface area contributed by atoms with Crippen molar-refractivity contribution >= 4 is 17.6 Å². The first-order valence-electron chi connectivity index (χ1n) is 11.2. The molecule has 9 nitrogen and oxygen atoms in total. The number of methoxy groups -OCH3 is 1. The summed E-state index contributed by atoms with van der Waals surface area (Å²) in [7, 11) is 1.55. The summed E-state index contributed by atoms with van der Waals surface area (Å²) in [5, 5.41) is 3.26. The molecule has 1 aromatic heterocycles. The molecule has 1 N–H and O–H groups in total. The Balaban J connectivity index is 1.55. The zero-order valence-electron chi connectivity index (χ0n) is 19.7. The van der Waals surface area contributed by atoms with Crippen LogP contribution in [-0.2, 0) is 32.0 Å². The second-order valence-electron chi connectivity index (χ2n) is 8.75. The SMILES string of the molecule is COc1cc(NC(=C2C(=O)OC(C)(C)OC2=O)N2CCc3ccccc3C2)ccc1-c1cnco1. The lowest BCUT2D eigenvalue weighted by molar-refractivity contribution is -0.222. The van der Waals surface area contributed by atoms with Gasteiger partial charge in [-0.05, 0) is 29.7 Å². The Morgan fingerprint density at radius 1 is 1.09 bits per heavy atom. The summed E-state index contributed by atoms with van der Waals surface area (Å²) >= 11 is 0. The van der Waals surface area contributed by atoms with Crippen LogP contribution in [0.25, 0.3) is 11.3 Å². The Labute approximate surface area is 202 Å². The zero-order chi connectivity index (χ0) is 24.6. The maximum Gasteiger partial charge on any atom is 0.352 e. The van der Waals surface area contributed by atoms with E-state index in [1.54, 1.807) is 19.4 Å². The number of fused-ring (bicyclic) bond motifs is 1. The Bertz CT molecular complexity index is 1290. The number of carbonyl (C=O) groups excluding carboxylic acids is 2. The highest BCUT2D eigenvalue weighted by molar-refractivity contribution is 6.16. The maximum absolute atomic E-state index is 13.0. The summed E-state index contributed by atoms with van der Waals surface area (Å²) in [5.41, 5.74) is 3.50. The first-order chi connectivity index (χ1) is 16.8. The third-order valence-electron chi connectivity index (χ3n) is 5.93. The summed E-state index contributed by atoms with van der Waals surface area (Å²) in [6, 6.07) is 13.5. The molecule has 1 saturated heterocycles. The predicted octanol–water partition coefficient (Wildman–Crippen LogP) is 3.87. The molecule has 180 valence electrons. The molecule has 35 heavy (non-hydrogen) atoms. The van der Waals surface area contributed by atoms with Gasteiger partial charge in [0.25, 0.3) is 5.79 Å². The van der Waals surface area contributed by atoms with Crippen molar-refractivity contribution in [1.29, 1.82) is 0 Å². The number of esters is 2. The number of benzene rings is 2. The summed E-state index contributed by atoms with van der Waals surface area (Å²) in [6.45, 7) is 4.16. The molecule has 2 aliphatic heterocycles. The van der Waals surface area contributed by atoms with Crippen LogP contribution in [0.3, 0.4) is 0 Å². The van der Waals surface area contributed by atoms with Gasteiger partial charge in [0.05, 0.1) is 18.9 Å². The fraction of sp³-hybridized carbons (Fsp3) is 0.269. The number of nitrogens with zero attached hydrogens (tertiary/aromatic N) is 2. The number of anilines is 1. The number of aromatic nitrogens is 1. The van der Waals surface area contributed by atoms with Crippen molar-refractivity contribution < 1.29 is 28.2 Å². The van der Waals surface area contributed by atoms with E-state index in [4.69, 9.17) is 18.6 Å². The minimum absolute atomic E-state index is 0.179. The van der Waals surface area contributed by atoms with Crippen molar-refractivity contribution in [3.8, 4) is 17.1 Å². The molecule has 5 rings (SSSR count). The van der Waals surface area contributed by atoms with Gasteiger partial charge in [-0.3, -0.25) is 0 Å². The Morgan fingerprint density at radius 2 is 1.83 bits per heavy atom. The highest BCUT2D eigenvalue weighted by Crippen LogP contribution is 2.34. The highest BCUT2D eigenvalue weighted by atomic mass is 16.7. The van der Waals surface area contributed by atoms with Crippen LogP contribution in [-0.4, -0.2) is 41.3 Å². The van der Waals surface area contributed by atoms with Crippen LogP contribution < -0.4 is 10.1 Å². The van der Waals surface area contributed by atoms with Crippen LogP contribution >= 0.6 is 0 Å². The summed E-state index contributed by atoms with van der Waals surface area (Å²) in [5.74, 6) is -1.40. The summed E-state index contributed by atoms with van der Waals surface area (Å²) in [4.78, 5) is 31.9. The van der Waals surface area contributed by atoms with Gasteiger partial charge in [0.2, 0.25) is 0 Å². The van der Waals surface area contributed by atoms with Gasteiger partial charge < -0.3 is 28.8 Å². The second-order valence-corrected chi connectivity index (χ2v) is 8.75. The molecule has 3 aromatic rings. The van der Waals surface area contributed by atoms with Crippen molar-refractivity contribution in [2.75, 3.05) is 19.0 Å². The molecular formula is C26H25N3O6. The van der Waals surface area contributed by atoms with Gasteiger partial charge >= 0.3 is 11.9 Å². The van der Waals surface area contributed by atoms with Crippen molar-refractivity contribution in [3.05, 3.63) is 77.6 Å². The molecule has 0 aliphatic carbocycles. The molecule has 0 unspecified atom stereocenters. The average molecular weight is 476 g/mol. The van der Waals surface area contributed by atoms with E-state index in [1.807, 2.05) is 35.2 Å². The van der Waals surface area contributed by atoms with E-state index in [0.29, 0.717) is 36.1 Å². The second kappa shape index (κ2) is 8.83. The predicted molar refractivity (Wildman–Crippen MR) is 126 cm³/mol. The van der Waals surface area contributed by atoms with Crippen LogP contribution in [0.1, 0.15) is 25.0 Å². The minimum Gasteiger partial charge on any atom is -0.496 e. The molecule has 0 amide bonds. The van der Waals surface area contributed by atoms with Gasteiger partial charge in [0.1, 0.15) is 11.6 Å². The van der Waals surface area contributed by atoms with Crippen LogP contribution in [0.5, 0.6) is 5.75 Å². The standard InChI is InChI=1S/C26H25N3O6/c1-26(2)34-24(30)22(25(31)35-26)23(29-11-10-16-6-4-5-7-17(16)14-29)28-18-8-9-19(20(12-18)32-3)21-13-27-15-33-21/h4-9,12-13,15,28H,10-11,14H2,1-3H3. The largest absolute Gasteiger partial charge is 0.496 e. The van der Waals surface area contributed by atoms with Crippen molar-refractivity contribution in [2.45, 2.75) is 32.6 Å². The van der Waals surface area contributed by atoms with E-state index in [0.717, 1.165) is 17.5 Å². The van der Waals surface area contributed by atoms with Crippen LogP contribution in [0.2, 0.25) is 0 Å². The fourth-order valence-corrected chi connectivity index (χ4v) is 4.29. The Morgan fingerprint density at radius 3 is 2.51 bits per heavy atom. The van der Waals surface area contributed by atoms with Crippen LogP contribution in [0, 0.1) is 0 Å². The maximum atomic E-state index is 13.0. The fourth-order valence-electron chi connectivity index (χ4n) is 4.29. The van der Waals surface area contributed by atoms with Crippen molar-refractivity contribution in [1.82, 2.24) is 9.88 Å². The summed E-state index contributed by atoms with van der Waals surface area (Å²) < 4.78 is 21.8. The van der Waals surface area contributed by atoms with Crippen molar-refractivity contribution in [3.63, 3.8) is 0 Å². The van der Waals surface area contributed by atoms with E-state index in [1.165, 1.54) is 25.8 Å². The lowest BCUT2D eigenvalue weighted by Crippen LogP contribution is -2.45. The molecule has 0 saturated carbocycles. The minimum atomic E-state index is -1.33. The molecule has 0 atom stereocenters. The molecule has 9 heteroatoms. The van der Waals surface area contributed by atoms with E-state index < -0.39 is 17.7 Å². The quantitative estimate of drug-likeness (QED) is 0.335. The zero-order valence-corrected chi connectivity index (χ0v) is 19.7. The number of nitrogens with one attached hydrogen (secondary N) is 1. The first-order valence-corrected chi connectivity index (χ1v) is 11.2. The van der Waals surface area contributed by atoms with Gasteiger partial charge in [0, 0.05) is 38.7 Å².